The second-order valence-corrected chi connectivity index (χ2v) is 6.22. The Kier molecular flexibility index (Phi) is 5.01. The zero-order valence-electron chi connectivity index (χ0n) is 14.5. The number of hydrogen-bond acceptors (Lipinski definition) is 4. The van der Waals surface area contributed by atoms with Crippen molar-refractivity contribution in [1.29, 1.82) is 0 Å². The van der Waals surface area contributed by atoms with Crippen LogP contribution in [-0.4, -0.2) is 49.2 Å². The van der Waals surface area contributed by atoms with E-state index in [2.05, 4.69) is 35.8 Å². The van der Waals surface area contributed by atoms with Crippen molar-refractivity contribution >= 4 is 16.7 Å². The molecule has 4 heteroatoms. The number of piperazine rings is 1. The lowest BCUT2D eigenvalue weighted by Crippen LogP contribution is -2.50. The van der Waals surface area contributed by atoms with E-state index in [1.54, 1.807) is 7.11 Å². The molecule has 1 aromatic carbocycles. The van der Waals surface area contributed by atoms with Gasteiger partial charge in [0.15, 0.2) is 0 Å². The van der Waals surface area contributed by atoms with E-state index in [0.29, 0.717) is 0 Å². The van der Waals surface area contributed by atoms with Crippen molar-refractivity contribution in [3.05, 3.63) is 30.3 Å². The van der Waals surface area contributed by atoms with Gasteiger partial charge in [-0.25, -0.2) is 4.98 Å². The Morgan fingerprint density at radius 3 is 2.43 bits per heavy atom. The number of methoxy groups -OCH3 is 1. The molecule has 1 saturated heterocycles. The lowest BCUT2D eigenvalue weighted by Gasteiger charge is -2.39. The first kappa shape index (κ1) is 16.1. The van der Waals surface area contributed by atoms with Crippen LogP contribution in [0.4, 0.5) is 5.82 Å². The highest BCUT2D eigenvalue weighted by molar-refractivity contribution is 5.81. The molecule has 4 nitrogen and oxygen atoms in total. The monoisotopic (exact) mass is 313 g/mol. The Balaban J connectivity index is 1.72. The van der Waals surface area contributed by atoms with E-state index < -0.39 is 0 Å². The van der Waals surface area contributed by atoms with E-state index in [-0.39, 0.29) is 0 Å². The van der Waals surface area contributed by atoms with E-state index in [9.17, 15) is 0 Å². The third-order valence-electron chi connectivity index (χ3n) is 4.98. The predicted molar refractivity (Wildman–Crippen MR) is 96.5 cm³/mol. The Bertz CT molecular complexity index is 646. The van der Waals surface area contributed by atoms with Gasteiger partial charge in [0.1, 0.15) is 11.6 Å². The molecule has 3 rings (SSSR count). The van der Waals surface area contributed by atoms with Crippen LogP contribution in [0.2, 0.25) is 0 Å². The van der Waals surface area contributed by atoms with Gasteiger partial charge in [-0.2, -0.15) is 0 Å². The number of benzene rings is 1. The van der Waals surface area contributed by atoms with Gasteiger partial charge < -0.3 is 9.64 Å². The summed E-state index contributed by atoms with van der Waals surface area (Å²) < 4.78 is 5.28. The van der Waals surface area contributed by atoms with Crippen molar-refractivity contribution in [2.45, 2.75) is 32.7 Å². The maximum Gasteiger partial charge on any atom is 0.129 e. The molecule has 0 radical (unpaired) electrons. The van der Waals surface area contributed by atoms with Crippen LogP contribution in [0.5, 0.6) is 5.75 Å². The summed E-state index contributed by atoms with van der Waals surface area (Å²) in [6.45, 7) is 8.97. The van der Waals surface area contributed by atoms with Gasteiger partial charge >= 0.3 is 0 Å². The maximum atomic E-state index is 5.28. The number of pyridine rings is 1. The largest absolute Gasteiger partial charge is 0.497 e. The average Bonchev–Trinajstić information content (AvgIpc) is 2.62. The van der Waals surface area contributed by atoms with Crippen LogP contribution in [0.25, 0.3) is 10.9 Å². The standard InChI is InChI=1S/C19H27N3O/c1-4-16(5-2)21-10-12-22(13-11-21)19-9-6-15-14-17(23-3)7-8-18(15)20-19/h6-9,14,16H,4-5,10-13H2,1-3H3. The molecule has 1 aromatic heterocycles. The van der Waals surface area contributed by atoms with E-state index in [0.717, 1.165) is 54.7 Å². The number of fused-ring (bicyclic) bond motifs is 1. The van der Waals surface area contributed by atoms with Gasteiger partial charge in [-0.3, -0.25) is 4.90 Å². The topological polar surface area (TPSA) is 28.6 Å². The first-order chi connectivity index (χ1) is 11.2. The summed E-state index contributed by atoms with van der Waals surface area (Å²) in [5.74, 6) is 1.97. The number of nitrogens with zero attached hydrogens (tertiary/aromatic N) is 3. The summed E-state index contributed by atoms with van der Waals surface area (Å²) in [6, 6.07) is 11.1. The molecule has 1 aliphatic rings. The van der Waals surface area contributed by atoms with Gasteiger partial charge in [-0.15, -0.1) is 0 Å². The zero-order valence-corrected chi connectivity index (χ0v) is 14.5. The van der Waals surface area contributed by atoms with Crippen LogP contribution in [0, 0.1) is 0 Å². The fourth-order valence-electron chi connectivity index (χ4n) is 3.52. The van der Waals surface area contributed by atoms with Gasteiger partial charge in [0.2, 0.25) is 0 Å². The number of rotatable bonds is 5. The zero-order chi connectivity index (χ0) is 16.2. The normalized spacial score (nSPS) is 16.3. The number of anilines is 1. The van der Waals surface area contributed by atoms with Crippen LogP contribution in [0.3, 0.4) is 0 Å². The lowest BCUT2D eigenvalue weighted by molar-refractivity contribution is 0.175. The summed E-state index contributed by atoms with van der Waals surface area (Å²) in [5, 5.41) is 1.13. The van der Waals surface area contributed by atoms with Crippen LogP contribution in [-0.2, 0) is 0 Å². The molecule has 0 N–H and O–H groups in total. The summed E-state index contributed by atoms with van der Waals surface area (Å²) in [5.41, 5.74) is 1.03. The van der Waals surface area contributed by atoms with Gasteiger partial charge in [-0.1, -0.05) is 13.8 Å². The fourth-order valence-corrected chi connectivity index (χ4v) is 3.52. The second kappa shape index (κ2) is 7.18. The number of ether oxygens (including phenoxy) is 1. The molecule has 2 heterocycles. The summed E-state index contributed by atoms with van der Waals surface area (Å²) >= 11 is 0. The molecule has 0 unspecified atom stereocenters. The molecule has 2 aromatic rings. The minimum absolute atomic E-state index is 0.731. The minimum atomic E-state index is 0.731. The quantitative estimate of drug-likeness (QED) is 0.844. The Morgan fingerprint density at radius 2 is 1.78 bits per heavy atom. The molecule has 23 heavy (non-hydrogen) atoms. The smallest absolute Gasteiger partial charge is 0.129 e. The van der Waals surface area contributed by atoms with Crippen LogP contribution < -0.4 is 9.64 Å². The van der Waals surface area contributed by atoms with E-state index in [4.69, 9.17) is 9.72 Å². The molecule has 1 fully saturated rings. The molecule has 0 saturated carbocycles. The molecule has 124 valence electrons. The lowest BCUT2D eigenvalue weighted by atomic mass is 10.1. The van der Waals surface area contributed by atoms with Crippen LogP contribution in [0.15, 0.2) is 30.3 Å². The molecule has 0 bridgehead atoms. The SMILES string of the molecule is CCC(CC)N1CCN(c2ccc3cc(OC)ccc3n2)CC1. The van der Waals surface area contributed by atoms with Gasteiger partial charge in [0.25, 0.3) is 0 Å². The van der Waals surface area contributed by atoms with Gasteiger partial charge in [0.05, 0.1) is 12.6 Å². The highest BCUT2D eigenvalue weighted by Crippen LogP contribution is 2.23. The Hall–Kier alpha value is -1.81. The van der Waals surface area contributed by atoms with Crippen LogP contribution >= 0.6 is 0 Å². The molecule has 0 spiro atoms. The Morgan fingerprint density at radius 1 is 1.04 bits per heavy atom. The minimum Gasteiger partial charge on any atom is -0.497 e. The first-order valence-corrected chi connectivity index (χ1v) is 8.69. The second-order valence-electron chi connectivity index (χ2n) is 6.22. The van der Waals surface area contributed by atoms with Crippen molar-refractivity contribution in [3.8, 4) is 5.75 Å². The maximum absolute atomic E-state index is 5.28. The van der Waals surface area contributed by atoms with Crippen molar-refractivity contribution in [2.24, 2.45) is 0 Å². The van der Waals surface area contributed by atoms with Gasteiger partial charge in [0, 0.05) is 37.6 Å². The predicted octanol–water partition coefficient (Wildman–Crippen LogP) is 3.55. The van der Waals surface area contributed by atoms with Crippen molar-refractivity contribution < 1.29 is 4.74 Å². The molecule has 0 amide bonds. The molecule has 0 aliphatic carbocycles. The van der Waals surface area contributed by atoms with E-state index >= 15 is 0 Å². The summed E-state index contributed by atoms with van der Waals surface area (Å²) in [4.78, 5) is 9.87. The molecular weight excluding hydrogens is 286 g/mol. The highest BCUT2D eigenvalue weighted by Gasteiger charge is 2.22. The molecule has 0 atom stereocenters. The van der Waals surface area contributed by atoms with Crippen molar-refractivity contribution in [3.63, 3.8) is 0 Å². The Labute approximate surface area is 139 Å². The number of hydrogen-bond donors (Lipinski definition) is 0. The van der Waals surface area contributed by atoms with Gasteiger partial charge in [-0.05, 0) is 43.2 Å². The third kappa shape index (κ3) is 3.42. The van der Waals surface area contributed by atoms with Crippen molar-refractivity contribution in [1.82, 2.24) is 9.88 Å². The third-order valence-corrected chi connectivity index (χ3v) is 4.98. The fraction of sp³-hybridized carbons (Fsp3) is 0.526. The average molecular weight is 313 g/mol. The molecular formula is C19H27N3O. The van der Waals surface area contributed by atoms with Crippen molar-refractivity contribution in [2.75, 3.05) is 38.2 Å². The molecule has 1 aliphatic heterocycles. The highest BCUT2D eigenvalue weighted by atomic mass is 16.5. The van der Waals surface area contributed by atoms with E-state index in [1.165, 1.54) is 12.8 Å². The summed E-state index contributed by atoms with van der Waals surface area (Å²) in [7, 11) is 1.70. The first-order valence-electron chi connectivity index (χ1n) is 8.69. The van der Waals surface area contributed by atoms with E-state index in [1.807, 2.05) is 18.2 Å². The summed E-state index contributed by atoms with van der Waals surface area (Å²) in [6.07, 6.45) is 2.49. The number of aromatic nitrogens is 1. The van der Waals surface area contributed by atoms with Crippen LogP contribution in [0.1, 0.15) is 26.7 Å².